The van der Waals surface area contributed by atoms with Gasteiger partial charge in [-0.05, 0) is 111 Å². The molecule has 0 N–H and O–H groups in total. The lowest BCUT2D eigenvalue weighted by molar-refractivity contribution is -0.119. The summed E-state index contributed by atoms with van der Waals surface area (Å²) >= 11 is 0. The number of ketones is 1. The van der Waals surface area contributed by atoms with Gasteiger partial charge in [0, 0.05) is 24.8 Å². The quantitative estimate of drug-likeness (QED) is 0.261. The fourth-order valence-corrected chi connectivity index (χ4v) is 8.33. The molecule has 5 rings (SSSR count). The van der Waals surface area contributed by atoms with E-state index in [0.717, 1.165) is 56.8 Å². The van der Waals surface area contributed by atoms with Gasteiger partial charge in [0.15, 0.2) is 0 Å². The highest BCUT2D eigenvalue weighted by Crippen LogP contribution is 2.37. The van der Waals surface area contributed by atoms with Crippen molar-refractivity contribution in [2.45, 2.75) is 154 Å². The molecule has 2 nitrogen and oxygen atoms in total. The maximum absolute atomic E-state index is 12.5. The Morgan fingerprint density at radius 2 is 1.67 bits per heavy atom. The van der Waals surface area contributed by atoms with E-state index in [1.807, 2.05) is 0 Å². The fraction of sp³-hybridized carbons (Fsp3) is 0.650. The maximum Gasteiger partial charge on any atom is 0.132 e. The van der Waals surface area contributed by atoms with Crippen molar-refractivity contribution in [2.75, 3.05) is 0 Å². The molecule has 0 bridgehead atoms. The fourth-order valence-electron chi connectivity index (χ4n) is 8.33. The molecule has 0 unspecified atom stereocenters. The number of rotatable bonds is 11. The van der Waals surface area contributed by atoms with Crippen LogP contribution in [0.3, 0.4) is 0 Å². The molecule has 0 saturated heterocycles. The number of hydrogen-bond acceptors (Lipinski definition) is 2. The molecule has 228 valence electrons. The van der Waals surface area contributed by atoms with E-state index in [-0.39, 0.29) is 0 Å². The van der Waals surface area contributed by atoms with Crippen molar-refractivity contribution in [3.05, 3.63) is 70.5 Å². The Morgan fingerprint density at radius 1 is 0.881 bits per heavy atom. The van der Waals surface area contributed by atoms with Crippen molar-refractivity contribution in [2.24, 2.45) is 16.8 Å². The molecule has 2 heteroatoms. The lowest BCUT2D eigenvalue weighted by Gasteiger charge is -2.28. The number of carbonyl (C=O) groups excluding carboxylic acids is 1. The molecular weight excluding hydrogens is 510 g/mol. The van der Waals surface area contributed by atoms with Crippen molar-refractivity contribution in [3.63, 3.8) is 0 Å². The van der Waals surface area contributed by atoms with Gasteiger partial charge in [-0.25, -0.2) is 0 Å². The van der Waals surface area contributed by atoms with Crippen LogP contribution in [0.2, 0.25) is 0 Å². The Bertz CT molecular complexity index is 1130. The topological polar surface area (TPSA) is 29.4 Å². The molecule has 0 spiro atoms. The molecule has 1 aliphatic heterocycles. The van der Waals surface area contributed by atoms with E-state index in [2.05, 4.69) is 49.5 Å². The summed E-state index contributed by atoms with van der Waals surface area (Å²) in [7, 11) is 0. The van der Waals surface area contributed by atoms with Crippen LogP contribution in [-0.4, -0.2) is 11.5 Å². The van der Waals surface area contributed by atoms with E-state index in [4.69, 9.17) is 4.99 Å². The minimum Gasteiger partial charge on any atom is -0.300 e. The van der Waals surface area contributed by atoms with Gasteiger partial charge in [-0.3, -0.25) is 9.79 Å². The SMILES string of the molecule is CC1=C2CCCC=C2C(CC2CCCC(c3cccc(CCCC(=O)CCCC4CCCCC4)c3)CCC2)=N/C=C/C1. The number of fused-ring (bicyclic) bond motifs is 1. The van der Waals surface area contributed by atoms with Crippen LogP contribution < -0.4 is 0 Å². The van der Waals surface area contributed by atoms with E-state index in [1.54, 1.807) is 11.1 Å². The van der Waals surface area contributed by atoms with Crippen LogP contribution in [0.25, 0.3) is 0 Å². The minimum atomic E-state index is 0.486. The number of nitrogens with zero attached hydrogens (tertiary/aromatic N) is 1. The van der Waals surface area contributed by atoms with Gasteiger partial charge in [0.05, 0.1) is 0 Å². The number of aliphatic imine (C=N–C) groups is 1. The van der Waals surface area contributed by atoms with Gasteiger partial charge in [-0.1, -0.05) is 106 Å². The summed E-state index contributed by atoms with van der Waals surface area (Å²) < 4.78 is 0. The molecule has 0 radical (unpaired) electrons. The van der Waals surface area contributed by atoms with Gasteiger partial charge in [0.2, 0.25) is 0 Å². The van der Waals surface area contributed by atoms with Gasteiger partial charge in [-0.15, -0.1) is 0 Å². The molecule has 42 heavy (non-hydrogen) atoms. The van der Waals surface area contributed by atoms with Crippen molar-refractivity contribution in [1.29, 1.82) is 0 Å². The predicted molar refractivity (Wildman–Crippen MR) is 179 cm³/mol. The monoisotopic (exact) mass is 567 g/mol. The normalized spacial score (nSPS) is 24.9. The summed E-state index contributed by atoms with van der Waals surface area (Å²) in [4.78, 5) is 17.5. The Morgan fingerprint density at radius 3 is 2.50 bits per heavy atom. The molecular formula is C40H57NO. The molecule has 2 saturated carbocycles. The molecule has 3 aliphatic carbocycles. The molecule has 4 aliphatic rings. The highest BCUT2D eigenvalue weighted by molar-refractivity contribution is 6.04. The lowest BCUT2D eigenvalue weighted by Crippen LogP contribution is -2.17. The number of benzene rings is 1. The molecule has 1 aromatic carbocycles. The summed E-state index contributed by atoms with van der Waals surface area (Å²) in [6.45, 7) is 2.33. The van der Waals surface area contributed by atoms with Gasteiger partial charge in [-0.2, -0.15) is 0 Å². The van der Waals surface area contributed by atoms with Gasteiger partial charge in [0.1, 0.15) is 5.78 Å². The summed E-state index contributed by atoms with van der Waals surface area (Å²) in [6.07, 6.45) is 33.7. The molecule has 1 aromatic rings. The number of hydrogen-bond donors (Lipinski definition) is 0. The van der Waals surface area contributed by atoms with Crippen LogP contribution in [0, 0.1) is 11.8 Å². The van der Waals surface area contributed by atoms with E-state index >= 15 is 0 Å². The van der Waals surface area contributed by atoms with Crippen molar-refractivity contribution < 1.29 is 4.79 Å². The minimum absolute atomic E-state index is 0.486. The molecule has 0 aromatic heterocycles. The lowest BCUT2D eigenvalue weighted by atomic mass is 9.78. The van der Waals surface area contributed by atoms with Crippen LogP contribution in [-0.2, 0) is 11.2 Å². The smallest absolute Gasteiger partial charge is 0.132 e. The number of aryl methyl sites for hydroxylation is 1. The first kappa shape index (κ1) is 31.2. The summed E-state index contributed by atoms with van der Waals surface area (Å²) in [6, 6.07) is 9.39. The van der Waals surface area contributed by atoms with Crippen molar-refractivity contribution in [1.82, 2.24) is 0 Å². The van der Waals surface area contributed by atoms with Gasteiger partial charge >= 0.3 is 0 Å². The average molecular weight is 568 g/mol. The predicted octanol–water partition coefficient (Wildman–Crippen LogP) is 11.6. The number of carbonyl (C=O) groups is 1. The number of allylic oxidation sites excluding steroid dienone is 5. The van der Waals surface area contributed by atoms with Crippen LogP contribution in [0.1, 0.15) is 159 Å². The second-order valence-corrected chi connectivity index (χ2v) is 14.1. The maximum atomic E-state index is 12.5. The third-order valence-electron chi connectivity index (χ3n) is 10.8. The largest absolute Gasteiger partial charge is 0.300 e. The second kappa shape index (κ2) is 16.6. The first-order valence-electron chi connectivity index (χ1n) is 17.9. The zero-order chi connectivity index (χ0) is 29.0. The first-order chi connectivity index (χ1) is 20.7. The zero-order valence-corrected chi connectivity index (χ0v) is 26.7. The average Bonchev–Trinajstić information content (AvgIpc) is 2.99. The van der Waals surface area contributed by atoms with Gasteiger partial charge in [0.25, 0.3) is 0 Å². The van der Waals surface area contributed by atoms with Crippen LogP contribution >= 0.6 is 0 Å². The molecule has 2 fully saturated rings. The third-order valence-corrected chi connectivity index (χ3v) is 10.8. The Balaban J connectivity index is 1.06. The third kappa shape index (κ3) is 9.39. The molecule has 1 heterocycles. The summed E-state index contributed by atoms with van der Waals surface area (Å²) in [5.74, 6) is 2.83. The Hall–Kier alpha value is -2.22. The highest BCUT2D eigenvalue weighted by Gasteiger charge is 2.24. The Labute approximate surface area is 257 Å². The standard InChI is InChI=1S/C40H57NO/c1-31-13-12-28-41-40(39-27-6-5-26-38(31)39)30-34-18-7-21-35(22-8-19-34)36-23-9-17-33(29-36)20-11-25-37(42)24-10-16-32-14-3-2-4-15-32/h9,12,17,23,27-29,32,34-35H,2-8,10-11,13-16,18-22,24-26,30H2,1H3/b28-12+,38-31?,41-40?. The molecule has 0 amide bonds. The zero-order valence-electron chi connectivity index (χ0n) is 26.7. The first-order valence-corrected chi connectivity index (χ1v) is 17.9. The summed E-state index contributed by atoms with van der Waals surface area (Å²) in [5.41, 5.74) is 8.95. The second-order valence-electron chi connectivity index (χ2n) is 14.1. The Kier molecular flexibility index (Phi) is 12.3. The molecule has 0 atom stereocenters. The van der Waals surface area contributed by atoms with Crippen molar-refractivity contribution >= 4 is 11.5 Å². The van der Waals surface area contributed by atoms with Crippen LogP contribution in [0.5, 0.6) is 0 Å². The van der Waals surface area contributed by atoms with E-state index in [1.165, 1.54) is 119 Å². The van der Waals surface area contributed by atoms with Crippen LogP contribution in [0.15, 0.2) is 64.3 Å². The number of Topliss-reactive ketones (excluding diaryl/α,β-unsaturated/α-hetero) is 1. The highest BCUT2D eigenvalue weighted by atomic mass is 16.1. The van der Waals surface area contributed by atoms with E-state index in [0.29, 0.717) is 11.7 Å². The van der Waals surface area contributed by atoms with Crippen LogP contribution in [0.4, 0.5) is 0 Å². The van der Waals surface area contributed by atoms with E-state index in [9.17, 15) is 4.79 Å². The van der Waals surface area contributed by atoms with Crippen molar-refractivity contribution in [3.8, 4) is 0 Å². The summed E-state index contributed by atoms with van der Waals surface area (Å²) in [5, 5.41) is 0. The van der Waals surface area contributed by atoms with Gasteiger partial charge < -0.3 is 0 Å². The van der Waals surface area contributed by atoms with E-state index < -0.39 is 0 Å².